The Balaban J connectivity index is 1.43. The number of thioether (sulfide) groups is 1. The molecule has 1 amide bonds. The molecule has 1 atom stereocenters. The Hall–Kier alpha value is -3.65. The van der Waals surface area contributed by atoms with Crippen LogP contribution >= 0.6 is 34.7 Å². The Morgan fingerprint density at radius 1 is 1.26 bits per heavy atom. The number of ketones is 1. The van der Waals surface area contributed by atoms with E-state index in [1.165, 1.54) is 23.1 Å². The van der Waals surface area contributed by atoms with E-state index in [-0.39, 0.29) is 28.8 Å². The molecule has 0 saturated heterocycles. The van der Waals surface area contributed by atoms with Gasteiger partial charge in [-0.15, -0.1) is 10.2 Å². The molecule has 3 N–H and O–H groups in total. The summed E-state index contributed by atoms with van der Waals surface area (Å²) in [6.07, 6.45) is 1.65. The fourth-order valence-corrected chi connectivity index (χ4v) is 6.65. The number of Topliss-reactive ketones (excluding diaryl/α,β-unsaturated/α-hetero) is 1. The maximum Gasteiger partial charge on any atom is 0.234 e. The lowest BCUT2D eigenvalue weighted by molar-refractivity contribution is -0.116. The van der Waals surface area contributed by atoms with Gasteiger partial charge in [-0.3, -0.25) is 14.5 Å². The van der Waals surface area contributed by atoms with Crippen molar-refractivity contribution in [3.8, 4) is 6.07 Å². The first-order chi connectivity index (χ1) is 18.4. The maximum atomic E-state index is 13.2. The van der Waals surface area contributed by atoms with Crippen molar-refractivity contribution < 1.29 is 9.59 Å². The van der Waals surface area contributed by atoms with E-state index in [0.717, 1.165) is 11.3 Å². The van der Waals surface area contributed by atoms with Gasteiger partial charge >= 0.3 is 0 Å². The summed E-state index contributed by atoms with van der Waals surface area (Å²) < 4.78 is 0.572. The minimum atomic E-state index is -0.639. The van der Waals surface area contributed by atoms with Crippen LogP contribution in [0.15, 0.2) is 75.5 Å². The molecule has 2 aromatic carbocycles. The zero-order valence-electron chi connectivity index (χ0n) is 20.4. The molecule has 0 bridgehead atoms. The number of nitriles is 1. The number of halogens is 1. The number of nitrogens with two attached hydrogens (primary N) is 1. The van der Waals surface area contributed by atoms with Crippen molar-refractivity contribution in [1.82, 2.24) is 10.2 Å². The van der Waals surface area contributed by atoms with Crippen molar-refractivity contribution in [2.45, 2.75) is 36.4 Å². The summed E-state index contributed by atoms with van der Waals surface area (Å²) in [4.78, 5) is 27.4. The summed E-state index contributed by atoms with van der Waals surface area (Å²) in [5.41, 5.74) is 10.5. The molecule has 1 unspecified atom stereocenters. The number of amides is 1. The zero-order chi connectivity index (χ0) is 26.8. The highest BCUT2D eigenvalue weighted by molar-refractivity contribution is 8.01. The molecule has 11 heteroatoms. The second kappa shape index (κ2) is 11.0. The monoisotopic (exact) mass is 562 g/mol. The van der Waals surface area contributed by atoms with Gasteiger partial charge in [0.15, 0.2) is 10.1 Å². The molecule has 2 heterocycles. The summed E-state index contributed by atoms with van der Waals surface area (Å²) in [6.45, 7) is 1.96. The summed E-state index contributed by atoms with van der Waals surface area (Å²) >= 11 is 9.02. The number of hydrogen-bond donors (Lipinski definition) is 2. The second-order valence-electron chi connectivity index (χ2n) is 8.89. The third-order valence-electron chi connectivity index (χ3n) is 6.35. The van der Waals surface area contributed by atoms with E-state index >= 15 is 0 Å². The molecule has 0 fully saturated rings. The average molecular weight is 563 g/mol. The quantitative estimate of drug-likeness (QED) is 0.375. The van der Waals surface area contributed by atoms with E-state index in [9.17, 15) is 14.9 Å². The lowest BCUT2D eigenvalue weighted by Crippen LogP contribution is -2.38. The Morgan fingerprint density at radius 2 is 2.08 bits per heavy atom. The predicted molar refractivity (Wildman–Crippen MR) is 150 cm³/mol. The number of nitrogens with zero attached hydrogens (tertiary/aromatic N) is 4. The summed E-state index contributed by atoms with van der Waals surface area (Å²) in [5.74, 6) is -0.478. The van der Waals surface area contributed by atoms with Crippen LogP contribution in [0.3, 0.4) is 0 Å². The number of nitrogens with one attached hydrogen (secondary N) is 1. The van der Waals surface area contributed by atoms with Gasteiger partial charge in [-0.1, -0.05) is 65.0 Å². The number of allylic oxidation sites excluding steroid dienone is 3. The van der Waals surface area contributed by atoms with Crippen LogP contribution < -0.4 is 16.0 Å². The van der Waals surface area contributed by atoms with Crippen molar-refractivity contribution in [3.05, 3.63) is 87.3 Å². The predicted octanol–water partition coefficient (Wildman–Crippen LogP) is 5.54. The van der Waals surface area contributed by atoms with Gasteiger partial charge in [0.05, 0.1) is 23.3 Å². The van der Waals surface area contributed by atoms with Crippen LogP contribution in [0.25, 0.3) is 0 Å². The van der Waals surface area contributed by atoms with Gasteiger partial charge < -0.3 is 11.1 Å². The number of benzene rings is 2. The molecule has 0 spiro atoms. The SMILES string of the molecule is Cc1cccc(NC(=O)CSc2nnc(N3C(N)=C(C#N)C(c4ccccc4Cl)C4=C3CCCC4=O)s2)c1. The van der Waals surface area contributed by atoms with Crippen LogP contribution in [0, 0.1) is 18.3 Å². The third kappa shape index (κ3) is 5.05. The van der Waals surface area contributed by atoms with Crippen molar-refractivity contribution in [2.75, 3.05) is 16.0 Å². The first kappa shape index (κ1) is 26.0. The Bertz CT molecular complexity index is 1540. The molecule has 192 valence electrons. The Kier molecular flexibility index (Phi) is 7.51. The first-order valence-corrected chi connectivity index (χ1v) is 14.1. The normalized spacial score (nSPS) is 17.3. The van der Waals surface area contributed by atoms with Gasteiger partial charge in [0.25, 0.3) is 0 Å². The van der Waals surface area contributed by atoms with Gasteiger partial charge in [0.2, 0.25) is 11.0 Å². The molecule has 5 rings (SSSR count). The van der Waals surface area contributed by atoms with Crippen molar-refractivity contribution in [1.29, 1.82) is 5.26 Å². The van der Waals surface area contributed by atoms with E-state index in [4.69, 9.17) is 17.3 Å². The summed E-state index contributed by atoms with van der Waals surface area (Å²) in [5, 5.41) is 22.5. The molecule has 1 aliphatic carbocycles. The van der Waals surface area contributed by atoms with Crippen LogP contribution in [0.5, 0.6) is 0 Å². The molecule has 0 radical (unpaired) electrons. The van der Waals surface area contributed by atoms with Gasteiger partial charge in [-0.25, -0.2) is 0 Å². The smallest absolute Gasteiger partial charge is 0.234 e. The summed E-state index contributed by atoms with van der Waals surface area (Å²) in [7, 11) is 0. The number of carbonyl (C=O) groups excluding carboxylic acids is 2. The Morgan fingerprint density at radius 3 is 2.84 bits per heavy atom. The third-order valence-corrected chi connectivity index (χ3v) is 8.73. The Labute approximate surface area is 233 Å². The van der Waals surface area contributed by atoms with Crippen LogP contribution in [-0.2, 0) is 9.59 Å². The van der Waals surface area contributed by atoms with Crippen LogP contribution in [0.2, 0.25) is 5.02 Å². The van der Waals surface area contributed by atoms with E-state index in [1.54, 1.807) is 17.0 Å². The van der Waals surface area contributed by atoms with E-state index in [1.807, 2.05) is 43.3 Å². The minimum Gasteiger partial charge on any atom is -0.384 e. The molecular formula is C27H23ClN6O2S2. The topological polar surface area (TPSA) is 125 Å². The van der Waals surface area contributed by atoms with Crippen LogP contribution in [0.1, 0.15) is 36.3 Å². The highest BCUT2D eigenvalue weighted by atomic mass is 35.5. The van der Waals surface area contributed by atoms with Gasteiger partial charge in [-0.2, -0.15) is 5.26 Å². The standard InChI is InChI=1S/C27H23ClN6O2S2/c1-15-6-4-7-16(12-15)31-22(36)14-37-27-33-32-26(38-27)34-20-10-5-11-21(35)24(20)23(18(13-29)25(34)30)17-8-2-3-9-19(17)28/h2-4,6-9,12,23H,5,10-11,14,30H2,1H3,(H,31,36). The molecule has 3 aromatic rings. The van der Waals surface area contributed by atoms with Gasteiger partial charge in [-0.05, 0) is 49.1 Å². The van der Waals surface area contributed by atoms with Crippen molar-refractivity contribution >= 4 is 57.2 Å². The van der Waals surface area contributed by atoms with Gasteiger partial charge in [0.1, 0.15) is 5.82 Å². The fraction of sp³-hybridized carbons (Fsp3) is 0.222. The van der Waals surface area contributed by atoms with E-state index < -0.39 is 5.92 Å². The highest BCUT2D eigenvalue weighted by Crippen LogP contribution is 2.48. The lowest BCUT2D eigenvalue weighted by atomic mass is 9.76. The van der Waals surface area contributed by atoms with Gasteiger partial charge in [0, 0.05) is 28.4 Å². The molecule has 1 aromatic heterocycles. The van der Waals surface area contributed by atoms with Crippen molar-refractivity contribution in [2.24, 2.45) is 5.73 Å². The lowest BCUT2D eigenvalue weighted by Gasteiger charge is -2.38. The average Bonchev–Trinajstić information content (AvgIpc) is 3.36. The maximum absolute atomic E-state index is 13.2. The largest absolute Gasteiger partial charge is 0.384 e. The van der Waals surface area contributed by atoms with Crippen molar-refractivity contribution in [3.63, 3.8) is 0 Å². The number of aromatic nitrogens is 2. The number of hydrogen-bond acceptors (Lipinski definition) is 9. The molecule has 38 heavy (non-hydrogen) atoms. The fourth-order valence-electron chi connectivity index (χ4n) is 4.72. The molecule has 1 aliphatic heterocycles. The van der Waals surface area contributed by atoms with E-state index in [0.29, 0.717) is 50.6 Å². The number of anilines is 2. The highest BCUT2D eigenvalue weighted by Gasteiger charge is 2.41. The minimum absolute atomic E-state index is 0.0339. The second-order valence-corrected chi connectivity index (χ2v) is 11.5. The van der Waals surface area contributed by atoms with Crippen LogP contribution in [0.4, 0.5) is 10.8 Å². The van der Waals surface area contributed by atoms with E-state index in [2.05, 4.69) is 21.6 Å². The molecule has 0 saturated carbocycles. The zero-order valence-corrected chi connectivity index (χ0v) is 22.8. The summed E-state index contributed by atoms with van der Waals surface area (Å²) in [6, 6.07) is 17.0. The van der Waals surface area contributed by atoms with Crippen LogP contribution in [-0.4, -0.2) is 27.6 Å². The first-order valence-electron chi connectivity index (χ1n) is 11.9. The molecule has 2 aliphatic rings. The molecular weight excluding hydrogens is 540 g/mol. The number of rotatable bonds is 6. The molecule has 8 nitrogen and oxygen atoms in total. The number of aryl methyl sites for hydroxylation is 1. The number of carbonyl (C=O) groups is 2.